The third-order valence-electron chi connectivity index (χ3n) is 4.85. The van der Waals surface area contributed by atoms with Gasteiger partial charge in [0.1, 0.15) is 0 Å². The summed E-state index contributed by atoms with van der Waals surface area (Å²) in [5, 5.41) is 8.01. The lowest BCUT2D eigenvalue weighted by Gasteiger charge is -2.18. The molecule has 0 aliphatic heterocycles. The lowest BCUT2D eigenvalue weighted by Crippen LogP contribution is -2.34. The summed E-state index contributed by atoms with van der Waals surface area (Å²) >= 11 is 8.87. The second kappa shape index (κ2) is 9.96. The molecule has 3 rings (SSSR count). The van der Waals surface area contributed by atoms with E-state index in [0.717, 1.165) is 40.6 Å². The molecule has 0 radical (unpaired) electrons. The molecule has 0 aliphatic rings. The van der Waals surface area contributed by atoms with Crippen LogP contribution in [0.25, 0.3) is 10.8 Å². The van der Waals surface area contributed by atoms with Crippen LogP contribution in [0.2, 0.25) is 0 Å². The van der Waals surface area contributed by atoms with Crippen LogP contribution >= 0.6 is 28.1 Å². The molecule has 0 aromatic heterocycles. The summed E-state index contributed by atoms with van der Waals surface area (Å²) in [6, 6.07) is 19.6. The van der Waals surface area contributed by atoms with Gasteiger partial charge in [0.15, 0.2) is 5.11 Å². The highest BCUT2D eigenvalue weighted by Gasteiger charge is 2.12. The highest BCUT2D eigenvalue weighted by Crippen LogP contribution is 2.26. The molecule has 0 unspecified atom stereocenters. The molecule has 3 aromatic carbocycles. The molecule has 2 N–H and O–H groups in total. The molecule has 6 heteroatoms. The van der Waals surface area contributed by atoms with Crippen molar-refractivity contribution in [1.82, 2.24) is 10.2 Å². The van der Waals surface area contributed by atoms with Gasteiger partial charge in [0.2, 0.25) is 0 Å². The molecule has 0 fully saturated rings. The van der Waals surface area contributed by atoms with Crippen LogP contribution in [0.4, 0.5) is 5.69 Å². The van der Waals surface area contributed by atoms with Crippen molar-refractivity contribution in [1.29, 1.82) is 0 Å². The van der Waals surface area contributed by atoms with E-state index in [2.05, 4.69) is 57.4 Å². The van der Waals surface area contributed by atoms with E-state index in [9.17, 15) is 4.79 Å². The second-order valence-corrected chi connectivity index (χ2v) is 7.97. The largest absolute Gasteiger partial charge is 0.332 e. The predicted molar refractivity (Wildman–Crippen MR) is 128 cm³/mol. The standard InChI is InChI=1S/C23H24BrN3OS/c1-3-27(4-2)15-16-11-13-17(14-12-16)25-23(29)26-22(28)20-9-5-8-19-18(20)7-6-10-21(19)24/h5-14H,3-4,15H2,1-2H3,(H2,25,26,28,29). The number of hydrogen-bond donors (Lipinski definition) is 2. The van der Waals surface area contributed by atoms with Crippen molar-refractivity contribution in [3.63, 3.8) is 0 Å². The van der Waals surface area contributed by atoms with Gasteiger partial charge in [-0.3, -0.25) is 15.0 Å². The molecule has 0 aliphatic carbocycles. The Bertz CT molecular complexity index is 1020. The lowest BCUT2D eigenvalue weighted by molar-refractivity contribution is 0.0979. The molecule has 3 aromatic rings. The van der Waals surface area contributed by atoms with Crippen LogP contribution in [0.5, 0.6) is 0 Å². The maximum atomic E-state index is 12.8. The molecule has 0 spiro atoms. The number of rotatable bonds is 6. The number of thiocarbonyl (C=S) groups is 1. The Morgan fingerprint density at radius 1 is 0.966 bits per heavy atom. The molecular weight excluding hydrogens is 446 g/mol. The summed E-state index contributed by atoms with van der Waals surface area (Å²) in [5.74, 6) is -0.232. The van der Waals surface area contributed by atoms with Gasteiger partial charge in [-0.2, -0.15) is 0 Å². The molecule has 1 amide bonds. The van der Waals surface area contributed by atoms with Crippen molar-refractivity contribution in [2.24, 2.45) is 0 Å². The first-order valence-corrected chi connectivity index (χ1v) is 10.8. The Morgan fingerprint density at radius 2 is 1.62 bits per heavy atom. The molecule has 0 saturated heterocycles. The van der Waals surface area contributed by atoms with Crippen LogP contribution in [0, 0.1) is 0 Å². The van der Waals surface area contributed by atoms with Crippen LogP contribution in [0.3, 0.4) is 0 Å². The lowest BCUT2D eigenvalue weighted by atomic mass is 10.0. The summed E-state index contributed by atoms with van der Waals surface area (Å²) < 4.78 is 0.954. The smallest absolute Gasteiger partial charge is 0.258 e. The fourth-order valence-electron chi connectivity index (χ4n) is 3.20. The van der Waals surface area contributed by atoms with E-state index in [0.29, 0.717) is 5.56 Å². The van der Waals surface area contributed by atoms with Crippen LogP contribution in [0.15, 0.2) is 65.1 Å². The number of hydrogen-bond acceptors (Lipinski definition) is 3. The van der Waals surface area contributed by atoms with Crippen LogP contribution in [-0.2, 0) is 6.54 Å². The summed E-state index contributed by atoms with van der Waals surface area (Å²) in [5.41, 5.74) is 2.68. The number of benzene rings is 3. The molecule has 150 valence electrons. The van der Waals surface area contributed by atoms with Gasteiger partial charge in [0.25, 0.3) is 5.91 Å². The fourth-order valence-corrected chi connectivity index (χ4v) is 3.91. The Labute approximate surface area is 185 Å². The highest BCUT2D eigenvalue weighted by atomic mass is 79.9. The monoisotopic (exact) mass is 469 g/mol. The maximum absolute atomic E-state index is 12.8. The Morgan fingerprint density at radius 3 is 2.31 bits per heavy atom. The van der Waals surface area contributed by atoms with Crippen molar-refractivity contribution in [2.75, 3.05) is 18.4 Å². The summed E-state index contributed by atoms with van der Waals surface area (Å²) in [7, 11) is 0. The third-order valence-corrected chi connectivity index (χ3v) is 5.75. The number of nitrogens with one attached hydrogen (secondary N) is 2. The molecule has 0 heterocycles. The van der Waals surface area contributed by atoms with Gasteiger partial charge in [0, 0.05) is 22.3 Å². The first-order valence-electron chi connectivity index (χ1n) is 9.62. The Kier molecular flexibility index (Phi) is 7.36. The van der Waals surface area contributed by atoms with E-state index >= 15 is 0 Å². The fraction of sp³-hybridized carbons (Fsp3) is 0.217. The average molecular weight is 470 g/mol. The number of amides is 1. The van der Waals surface area contributed by atoms with E-state index in [-0.39, 0.29) is 11.0 Å². The van der Waals surface area contributed by atoms with E-state index in [1.54, 1.807) is 6.07 Å². The predicted octanol–water partition coefficient (Wildman–Crippen LogP) is 5.57. The van der Waals surface area contributed by atoms with E-state index in [4.69, 9.17) is 12.2 Å². The highest BCUT2D eigenvalue weighted by molar-refractivity contribution is 9.10. The van der Waals surface area contributed by atoms with E-state index < -0.39 is 0 Å². The van der Waals surface area contributed by atoms with E-state index in [1.807, 2.05) is 42.5 Å². The van der Waals surface area contributed by atoms with Crippen molar-refractivity contribution in [3.05, 3.63) is 76.3 Å². The van der Waals surface area contributed by atoms with Crippen LogP contribution in [0.1, 0.15) is 29.8 Å². The zero-order chi connectivity index (χ0) is 20.8. The van der Waals surface area contributed by atoms with Crippen molar-refractivity contribution in [3.8, 4) is 0 Å². The van der Waals surface area contributed by atoms with E-state index in [1.165, 1.54) is 5.56 Å². The zero-order valence-corrected chi connectivity index (χ0v) is 18.9. The van der Waals surface area contributed by atoms with Crippen molar-refractivity contribution in [2.45, 2.75) is 20.4 Å². The van der Waals surface area contributed by atoms with Crippen LogP contribution < -0.4 is 10.6 Å². The number of carbonyl (C=O) groups excluding carboxylic acids is 1. The minimum absolute atomic E-state index is 0.232. The van der Waals surface area contributed by atoms with Crippen molar-refractivity contribution < 1.29 is 4.79 Å². The number of halogens is 1. The van der Waals surface area contributed by atoms with Gasteiger partial charge in [-0.1, -0.05) is 66.2 Å². The molecule has 29 heavy (non-hydrogen) atoms. The minimum Gasteiger partial charge on any atom is -0.332 e. The Balaban J connectivity index is 1.65. The molecule has 4 nitrogen and oxygen atoms in total. The maximum Gasteiger partial charge on any atom is 0.258 e. The number of carbonyl (C=O) groups is 1. The van der Waals surface area contributed by atoms with Gasteiger partial charge in [-0.15, -0.1) is 0 Å². The minimum atomic E-state index is -0.232. The van der Waals surface area contributed by atoms with Gasteiger partial charge in [0.05, 0.1) is 0 Å². The number of fused-ring (bicyclic) bond motifs is 1. The summed E-state index contributed by atoms with van der Waals surface area (Å²) in [6.45, 7) is 7.30. The van der Waals surface area contributed by atoms with Crippen LogP contribution in [-0.4, -0.2) is 29.0 Å². The first kappa shape index (κ1) is 21.4. The number of nitrogens with zero attached hydrogens (tertiary/aromatic N) is 1. The van der Waals surface area contributed by atoms with Gasteiger partial charge >= 0.3 is 0 Å². The van der Waals surface area contributed by atoms with Gasteiger partial charge in [-0.25, -0.2) is 0 Å². The molecule has 0 bridgehead atoms. The zero-order valence-electron chi connectivity index (χ0n) is 16.5. The molecule has 0 saturated carbocycles. The summed E-state index contributed by atoms with van der Waals surface area (Å²) in [6.07, 6.45) is 0. The number of anilines is 1. The Hall–Kier alpha value is -2.28. The molecular formula is C23H24BrN3OS. The first-order chi connectivity index (χ1) is 14.0. The average Bonchev–Trinajstić information content (AvgIpc) is 2.73. The van der Waals surface area contributed by atoms with Gasteiger partial charge in [-0.05, 0) is 65.9 Å². The second-order valence-electron chi connectivity index (χ2n) is 6.71. The summed E-state index contributed by atoms with van der Waals surface area (Å²) in [4.78, 5) is 15.1. The SMILES string of the molecule is CCN(CC)Cc1ccc(NC(=S)NC(=O)c2cccc3c(Br)cccc23)cc1. The van der Waals surface area contributed by atoms with Gasteiger partial charge < -0.3 is 5.32 Å². The third kappa shape index (κ3) is 5.41. The van der Waals surface area contributed by atoms with Crippen molar-refractivity contribution >= 4 is 55.6 Å². The molecule has 0 atom stereocenters. The normalized spacial score (nSPS) is 10.9. The quantitative estimate of drug-likeness (QED) is 0.463. The topological polar surface area (TPSA) is 44.4 Å².